The van der Waals surface area contributed by atoms with Gasteiger partial charge in [-0.15, -0.1) is 0 Å². The van der Waals surface area contributed by atoms with Gasteiger partial charge in [0.15, 0.2) is 0 Å². The number of nitrogens with zero attached hydrogens (tertiary/aromatic N) is 1. The lowest BCUT2D eigenvalue weighted by molar-refractivity contribution is -0.123. The van der Waals surface area contributed by atoms with Crippen LogP contribution in [0.3, 0.4) is 0 Å². The van der Waals surface area contributed by atoms with Crippen molar-refractivity contribution in [2.24, 2.45) is 17.8 Å². The van der Waals surface area contributed by atoms with Crippen LogP contribution in [0.5, 0.6) is 0 Å². The van der Waals surface area contributed by atoms with E-state index >= 15 is 0 Å². The second-order valence-corrected chi connectivity index (χ2v) is 6.21. The smallest absolute Gasteiger partial charge is 0.149 e. The Kier molecular flexibility index (Phi) is 3.22. The molecule has 0 aromatic heterocycles. The third-order valence-electron chi connectivity index (χ3n) is 5.08. The van der Waals surface area contributed by atoms with Gasteiger partial charge in [-0.2, -0.15) is 0 Å². The Morgan fingerprint density at radius 3 is 2.59 bits per heavy atom. The van der Waals surface area contributed by atoms with Gasteiger partial charge in [0.2, 0.25) is 0 Å². The SMILES string of the molecule is O=C(CN1CC2CCC(O)C2C1)C1CCCC1. The van der Waals surface area contributed by atoms with Gasteiger partial charge in [0.05, 0.1) is 12.6 Å². The van der Waals surface area contributed by atoms with E-state index in [2.05, 4.69) is 4.90 Å². The number of fused-ring (bicyclic) bond motifs is 1. The third-order valence-corrected chi connectivity index (χ3v) is 5.08. The summed E-state index contributed by atoms with van der Waals surface area (Å²) in [6.45, 7) is 2.63. The number of rotatable bonds is 3. The van der Waals surface area contributed by atoms with Gasteiger partial charge in [-0.05, 0) is 31.6 Å². The lowest BCUT2D eigenvalue weighted by Crippen LogP contribution is -2.32. The monoisotopic (exact) mass is 237 g/mol. The Morgan fingerprint density at radius 2 is 1.88 bits per heavy atom. The van der Waals surface area contributed by atoms with Crippen molar-refractivity contribution in [2.75, 3.05) is 19.6 Å². The number of likely N-dealkylation sites (tertiary alicyclic amines) is 1. The molecule has 96 valence electrons. The zero-order valence-corrected chi connectivity index (χ0v) is 10.5. The molecule has 3 rings (SSSR count). The molecule has 0 bridgehead atoms. The van der Waals surface area contributed by atoms with Crippen molar-refractivity contribution in [1.29, 1.82) is 0 Å². The first-order chi connectivity index (χ1) is 8.24. The molecule has 0 spiro atoms. The first kappa shape index (κ1) is 11.7. The summed E-state index contributed by atoms with van der Waals surface area (Å²) in [5.74, 6) is 1.91. The fourth-order valence-corrected chi connectivity index (χ4v) is 4.06. The summed E-state index contributed by atoms with van der Waals surface area (Å²) in [5, 5.41) is 9.85. The molecule has 1 saturated heterocycles. The molecule has 2 aliphatic carbocycles. The molecule has 17 heavy (non-hydrogen) atoms. The van der Waals surface area contributed by atoms with Crippen molar-refractivity contribution >= 4 is 5.78 Å². The highest BCUT2D eigenvalue weighted by Gasteiger charge is 2.42. The Bertz CT molecular complexity index is 299. The minimum absolute atomic E-state index is 0.105. The molecule has 0 amide bonds. The normalized spacial score (nSPS) is 38.8. The first-order valence-corrected chi connectivity index (χ1v) is 7.17. The molecule has 3 nitrogen and oxygen atoms in total. The number of ketones is 1. The second-order valence-electron chi connectivity index (χ2n) is 6.21. The number of aliphatic hydroxyl groups is 1. The van der Waals surface area contributed by atoms with E-state index in [1.807, 2.05) is 0 Å². The first-order valence-electron chi connectivity index (χ1n) is 7.17. The molecule has 3 unspecified atom stereocenters. The summed E-state index contributed by atoms with van der Waals surface area (Å²) in [6, 6.07) is 0. The highest BCUT2D eigenvalue weighted by Crippen LogP contribution is 2.38. The molecule has 3 fully saturated rings. The largest absolute Gasteiger partial charge is 0.393 e. The van der Waals surface area contributed by atoms with E-state index in [0.717, 1.165) is 38.8 Å². The summed E-state index contributed by atoms with van der Waals surface area (Å²) >= 11 is 0. The summed E-state index contributed by atoms with van der Waals surface area (Å²) in [6.07, 6.45) is 6.72. The second kappa shape index (κ2) is 4.69. The summed E-state index contributed by atoms with van der Waals surface area (Å²) in [7, 11) is 0. The van der Waals surface area contributed by atoms with Gasteiger partial charge in [0.25, 0.3) is 0 Å². The van der Waals surface area contributed by atoms with Gasteiger partial charge in [-0.1, -0.05) is 12.8 Å². The van der Waals surface area contributed by atoms with Crippen molar-refractivity contribution in [1.82, 2.24) is 4.90 Å². The van der Waals surface area contributed by atoms with Crippen LogP contribution in [0, 0.1) is 17.8 Å². The zero-order chi connectivity index (χ0) is 11.8. The van der Waals surface area contributed by atoms with E-state index < -0.39 is 0 Å². The Morgan fingerprint density at radius 1 is 1.12 bits per heavy atom. The fraction of sp³-hybridized carbons (Fsp3) is 0.929. The lowest BCUT2D eigenvalue weighted by atomic mass is 10.00. The standard InChI is InChI=1S/C14H23NO2/c16-13-6-5-11-7-15(8-12(11)13)9-14(17)10-3-1-2-4-10/h10-13,16H,1-9H2. The summed E-state index contributed by atoms with van der Waals surface area (Å²) in [5.41, 5.74) is 0. The van der Waals surface area contributed by atoms with E-state index in [-0.39, 0.29) is 6.10 Å². The van der Waals surface area contributed by atoms with Crippen LogP contribution >= 0.6 is 0 Å². The number of Topliss-reactive ketones (excluding diaryl/α,β-unsaturated/α-hetero) is 1. The fourth-order valence-electron chi connectivity index (χ4n) is 4.06. The van der Waals surface area contributed by atoms with Gasteiger partial charge in [0, 0.05) is 24.9 Å². The number of carbonyl (C=O) groups is 1. The highest BCUT2D eigenvalue weighted by atomic mass is 16.3. The summed E-state index contributed by atoms with van der Waals surface area (Å²) in [4.78, 5) is 14.4. The van der Waals surface area contributed by atoms with Crippen molar-refractivity contribution in [3.05, 3.63) is 0 Å². The van der Waals surface area contributed by atoms with E-state index in [1.165, 1.54) is 12.8 Å². The minimum Gasteiger partial charge on any atom is -0.393 e. The van der Waals surface area contributed by atoms with Crippen LogP contribution in [0.15, 0.2) is 0 Å². The zero-order valence-electron chi connectivity index (χ0n) is 10.5. The van der Waals surface area contributed by atoms with E-state index in [0.29, 0.717) is 30.1 Å². The highest BCUT2D eigenvalue weighted by molar-refractivity contribution is 5.83. The molecule has 2 saturated carbocycles. The van der Waals surface area contributed by atoms with Gasteiger partial charge < -0.3 is 5.11 Å². The van der Waals surface area contributed by atoms with Crippen LogP contribution in [-0.4, -0.2) is 41.5 Å². The minimum atomic E-state index is -0.105. The molecule has 1 aliphatic heterocycles. The lowest BCUT2D eigenvalue weighted by Gasteiger charge is -2.19. The van der Waals surface area contributed by atoms with Gasteiger partial charge in [-0.3, -0.25) is 9.69 Å². The topological polar surface area (TPSA) is 40.5 Å². The quantitative estimate of drug-likeness (QED) is 0.807. The Balaban J connectivity index is 1.52. The van der Waals surface area contributed by atoms with Crippen LogP contribution in [0.4, 0.5) is 0 Å². The van der Waals surface area contributed by atoms with Crippen LogP contribution < -0.4 is 0 Å². The molecule has 3 atom stereocenters. The van der Waals surface area contributed by atoms with E-state index in [1.54, 1.807) is 0 Å². The molecular weight excluding hydrogens is 214 g/mol. The maximum atomic E-state index is 12.1. The maximum Gasteiger partial charge on any atom is 0.149 e. The van der Waals surface area contributed by atoms with Crippen LogP contribution in [0.2, 0.25) is 0 Å². The van der Waals surface area contributed by atoms with E-state index in [9.17, 15) is 9.90 Å². The molecule has 1 heterocycles. The molecular formula is C14H23NO2. The molecule has 3 heteroatoms. The number of hydrogen-bond donors (Lipinski definition) is 1. The Labute approximate surface area is 103 Å². The van der Waals surface area contributed by atoms with Gasteiger partial charge in [0.1, 0.15) is 5.78 Å². The predicted molar refractivity (Wildman–Crippen MR) is 65.6 cm³/mol. The van der Waals surface area contributed by atoms with E-state index in [4.69, 9.17) is 0 Å². The molecule has 1 N–H and O–H groups in total. The predicted octanol–water partition coefficient (Wildman–Crippen LogP) is 1.45. The van der Waals surface area contributed by atoms with Crippen LogP contribution in [0.1, 0.15) is 38.5 Å². The third kappa shape index (κ3) is 2.27. The van der Waals surface area contributed by atoms with Crippen LogP contribution in [-0.2, 0) is 4.79 Å². The molecule has 0 radical (unpaired) electrons. The summed E-state index contributed by atoms with van der Waals surface area (Å²) < 4.78 is 0. The molecule has 3 aliphatic rings. The Hall–Kier alpha value is -0.410. The average molecular weight is 237 g/mol. The number of aliphatic hydroxyl groups excluding tert-OH is 1. The number of hydrogen-bond acceptors (Lipinski definition) is 3. The number of carbonyl (C=O) groups excluding carboxylic acids is 1. The van der Waals surface area contributed by atoms with Crippen molar-refractivity contribution in [3.8, 4) is 0 Å². The van der Waals surface area contributed by atoms with Crippen molar-refractivity contribution in [2.45, 2.75) is 44.6 Å². The molecule has 0 aromatic rings. The van der Waals surface area contributed by atoms with Gasteiger partial charge in [-0.25, -0.2) is 0 Å². The van der Waals surface area contributed by atoms with Crippen molar-refractivity contribution < 1.29 is 9.90 Å². The van der Waals surface area contributed by atoms with Crippen LogP contribution in [0.25, 0.3) is 0 Å². The molecule has 0 aromatic carbocycles. The van der Waals surface area contributed by atoms with Crippen molar-refractivity contribution in [3.63, 3.8) is 0 Å². The average Bonchev–Trinajstić information content (AvgIpc) is 2.97. The van der Waals surface area contributed by atoms with Gasteiger partial charge >= 0.3 is 0 Å². The maximum absolute atomic E-state index is 12.1.